The van der Waals surface area contributed by atoms with E-state index < -0.39 is 0 Å². The van der Waals surface area contributed by atoms with E-state index in [1.165, 1.54) is 17.7 Å². The summed E-state index contributed by atoms with van der Waals surface area (Å²) in [6, 6.07) is 1.73. The van der Waals surface area contributed by atoms with Gasteiger partial charge in [-0.3, -0.25) is 9.89 Å². The Morgan fingerprint density at radius 2 is 2.47 bits per heavy atom. The van der Waals surface area contributed by atoms with Gasteiger partial charge in [0.25, 0.3) is 5.91 Å². The fourth-order valence-corrected chi connectivity index (χ4v) is 2.06. The lowest BCUT2D eigenvalue weighted by Gasteiger charge is -1.99. The maximum Gasteiger partial charge on any atom is 0.252 e. The van der Waals surface area contributed by atoms with Gasteiger partial charge in [0.1, 0.15) is 12.2 Å². The second-order valence-corrected chi connectivity index (χ2v) is 4.50. The van der Waals surface area contributed by atoms with Gasteiger partial charge in [-0.2, -0.15) is 5.10 Å². The molecule has 0 saturated carbocycles. The number of aromatic nitrogens is 3. The summed E-state index contributed by atoms with van der Waals surface area (Å²) in [6.45, 7) is 0.350. The van der Waals surface area contributed by atoms with Gasteiger partial charge in [0.2, 0.25) is 0 Å². The molecule has 2 aromatic heterocycles. The number of rotatable bonds is 4. The Hall–Kier alpha value is -2.17. The number of nitrogens with zero attached hydrogens (tertiary/aromatic N) is 2. The number of thiophene rings is 1. The molecule has 0 aliphatic heterocycles. The van der Waals surface area contributed by atoms with Crippen molar-refractivity contribution in [3.63, 3.8) is 0 Å². The highest BCUT2D eigenvalue weighted by atomic mass is 32.1. The van der Waals surface area contributed by atoms with Crippen LogP contribution in [0.25, 0.3) is 0 Å². The minimum atomic E-state index is -0.178. The third kappa shape index (κ3) is 3.91. The number of hydrogen-bond donors (Lipinski definition) is 3. The topological polar surface area (TPSA) is 90.9 Å². The number of amides is 1. The number of aromatic amines is 1. The molecule has 0 saturated heterocycles. The van der Waals surface area contributed by atoms with Gasteiger partial charge in [-0.05, 0) is 6.07 Å². The van der Waals surface area contributed by atoms with Crippen molar-refractivity contribution < 1.29 is 9.90 Å². The second-order valence-electron chi connectivity index (χ2n) is 3.59. The average molecular weight is 276 g/mol. The molecule has 2 heterocycles. The van der Waals surface area contributed by atoms with Crippen LogP contribution in [0, 0.1) is 11.8 Å². The van der Waals surface area contributed by atoms with E-state index in [1.807, 2.05) is 0 Å². The van der Waals surface area contributed by atoms with Crippen LogP contribution in [0.4, 0.5) is 0 Å². The quantitative estimate of drug-likeness (QED) is 0.710. The fourth-order valence-electron chi connectivity index (χ4n) is 1.31. The molecule has 0 aliphatic carbocycles. The molecule has 0 aromatic carbocycles. The summed E-state index contributed by atoms with van der Waals surface area (Å²) in [7, 11) is 0. The molecule has 2 aromatic rings. The molecule has 0 unspecified atom stereocenters. The summed E-state index contributed by atoms with van der Waals surface area (Å²) in [5.74, 6) is 6.13. The van der Waals surface area contributed by atoms with Crippen LogP contribution in [0.3, 0.4) is 0 Å². The van der Waals surface area contributed by atoms with Crippen LogP contribution >= 0.6 is 11.3 Å². The molecule has 19 heavy (non-hydrogen) atoms. The van der Waals surface area contributed by atoms with Crippen LogP contribution in [-0.2, 0) is 6.54 Å². The predicted molar refractivity (Wildman–Crippen MR) is 70.5 cm³/mol. The number of aliphatic hydroxyl groups is 1. The minimum Gasteiger partial charge on any atom is -0.395 e. The first-order valence-electron chi connectivity index (χ1n) is 5.60. The van der Waals surface area contributed by atoms with E-state index in [-0.39, 0.29) is 12.5 Å². The summed E-state index contributed by atoms with van der Waals surface area (Å²) in [4.78, 5) is 16.5. The zero-order valence-electron chi connectivity index (χ0n) is 10.0. The number of hydrogen-bond acceptors (Lipinski definition) is 5. The van der Waals surface area contributed by atoms with Gasteiger partial charge in [0.15, 0.2) is 0 Å². The van der Waals surface area contributed by atoms with Crippen LogP contribution in [-0.4, -0.2) is 32.8 Å². The van der Waals surface area contributed by atoms with E-state index in [0.717, 1.165) is 4.88 Å². The van der Waals surface area contributed by atoms with Crippen LogP contribution < -0.4 is 5.32 Å². The van der Waals surface area contributed by atoms with Gasteiger partial charge in [0.05, 0.1) is 23.6 Å². The van der Waals surface area contributed by atoms with Gasteiger partial charge in [0, 0.05) is 11.8 Å². The van der Waals surface area contributed by atoms with Gasteiger partial charge in [-0.25, -0.2) is 4.98 Å². The molecule has 0 bridgehead atoms. The molecule has 0 fully saturated rings. The van der Waals surface area contributed by atoms with Gasteiger partial charge >= 0.3 is 0 Å². The molecule has 98 valence electrons. The molecular weight excluding hydrogens is 264 g/mol. The SMILES string of the molecule is O=C(NCc1ncn[nH]1)c1csc(C#CCCO)c1. The Morgan fingerprint density at radius 3 is 3.21 bits per heavy atom. The second kappa shape index (κ2) is 6.68. The van der Waals surface area contributed by atoms with Gasteiger partial charge in [-0.15, -0.1) is 11.3 Å². The zero-order chi connectivity index (χ0) is 13.5. The Morgan fingerprint density at radius 1 is 1.58 bits per heavy atom. The molecule has 2 rings (SSSR count). The standard InChI is InChI=1S/C12H12N4O2S/c17-4-2-1-3-10-5-9(7-19-10)12(18)13-6-11-14-8-15-16-11/h5,7-8,17H,2,4,6H2,(H,13,18)(H,14,15,16). The Balaban J connectivity index is 1.91. The first kappa shape index (κ1) is 13.3. The predicted octanol–water partition coefficient (Wildman–Crippen LogP) is 0.530. The van der Waals surface area contributed by atoms with Crippen molar-refractivity contribution in [1.82, 2.24) is 20.5 Å². The molecule has 7 heteroatoms. The fraction of sp³-hybridized carbons (Fsp3) is 0.250. The van der Waals surface area contributed by atoms with Crippen molar-refractivity contribution in [3.8, 4) is 11.8 Å². The van der Waals surface area contributed by atoms with Crippen LogP contribution in [0.2, 0.25) is 0 Å². The van der Waals surface area contributed by atoms with Crippen molar-refractivity contribution in [2.45, 2.75) is 13.0 Å². The molecule has 0 atom stereocenters. The first-order valence-corrected chi connectivity index (χ1v) is 6.48. The number of H-pyrrole nitrogens is 1. The molecule has 1 amide bonds. The van der Waals surface area contributed by atoms with Crippen LogP contribution in [0.1, 0.15) is 27.5 Å². The monoisotopic (exact) mass is 276 g/mol. The summed E-state index contributed by atoms with van der Waals surface area (Å²) in [5.41, 5.74) is 0.567. The summed E-state index contributed by atoms with van der Waals surface area (Å²) in [5, 5.41) is 19.5. The molecule has 6 nitrogen and oxygen atoms in total. The number of aliphatic hydroxyl groups excluding tert-OH is 1. The summed E-state index contributed by atoms with van der Waals surface area (Å²) in [6.07, 6.45) is 1.83. The van der Waals surface area contributed by atoms with Crippen molar-refractivity contribution in [1.29, 1.82) is 0 Å². The lowest BCUT2D eigenvalue weighted by molar-refractivity contribution is 0.0950. The number of carbonyl (C=O) groups is 1. The maximum absolute atomic E-state index is 11.8. The third-order valence-electron chi connectivity index (χ3n) is 2.19. The molecular formula is C12H12N4O2S. The highest BCUT2D eigenvalue weighted by molar-refractivity contribution is 7.10. The summed E-state index contributed by atoms with van der Waals surface area (Å²) < 4.78 is 0. The molecule has 0 aliphatic rings. The van der Waals surface area contributed by atoms with Crippen molar-refractivity contribution in [3.05, 3.63) is 34.0 Å². The highest BCUT2D eigenvalue weighted by Crippen LogP contribution is 2.13. The first-order chi connectivity index (χ1) is 9.29. The average Bonchev–Trinajstić information content (AvgIpc) is 3.07. The Labute approximate surface area is 113 Å². The van der Waals surface area contributed by atoms with Crippen LogP contribution in [0.5, 0.6) is 0 Å². The van der Waals surface area contributed by atoms with Crippen molar-refractivity contribution in [2.75, 3.05) is 6.61 Å². The Bertz CT molecular complexity index is 595. The number of nitrogens with one attached hydrogen (secondary N) is 2. The van der Waals surface area contributed by atoms with Gasteiger partial charge in [-0.1, -0.05) is 11.8 Å². The Kier molecular flexibility index (Phi) is 4.66. The summed E-state index contributed by atoms with van der Waals surface area (Å²) >= 11 is 1.40. The lowest BCUT2D eigenvalue weighted by Crippen LogP contribution is -2.22. The van der Waals surface area contributed by atoms with E-state index in [0.29, 0.717) is 24.4 Å². The van der Waals surface area contributed by atoms with E-state index >= 15 is 0 Å². The highest BCUT2D eigenvalue weighted by Gasteiger charge is 2.08. The van der Waals surface area contributed by atoms with E-state index in [4.69, 9.17) is 5.11 Å². The van der Waals surface area contributed by atoms with Crippen molar-refractivity contribution >= 4 is 17.2 Å². The van der Waals surface area contributed by atoms with Crippen LogP contribution in [0.15, 0.2) is 17.8 Å². The van der Waals surface area contributed by atoms with Crippen molar-refractivity contribution in [2.24, 2.45) is 0 Å². The third-order valence-corrected chi connectivity index (χ3v) is 3.04. The normalized spacial score (nSPS) is 9.74. The zero-order valence-corrected chi connectivity index (χ0v) is 10.8. The smallest absolute Gasteiger partial charge is 0.252 e. The molecule has 3 N–H and O–H groups in total. The maximum atomic E-state index is 11.8. The minimum absolute atomic E-state index is 0.0445. The van der Waals surface area contributed by atoms with Gasteiger partial charge < -0.3 is 10.4 Å². The molecule has 0 radical (unpaired) electrons. The molecule has 0 spiro atoms. The number of carbonyl (C=O) groups excluding carboxylic acids is 1. The van der Waals surface area contributed by atoms with E-state index in [2.05, 4.69) is 32.3 Å². The van der Waals surface area contributed by atoms with E-state index in [9.17, 15) is 4.79 Å². The largest absolute Gasteiger partial charge is 0.395 e. The van der Waals surface area contributed by atoms with E-state index in [1.54, 1.807) is 11.4 Å². The lowest BCUT2D eigenvalue weighted by atomic mass is 10.3.